The Kier molecular flexibility index (Phi) is 5.19. The van der Waals surface area contributed by atoms with E-state index in [4.69, 9.17) is 0 Å². The third kappa shape index (κ3) is 3.39. The molecule has 0 aliphatic heterocycles. The normalized spacial score (nSPS) is 22.7. The van der Waals surface area contributed by atoms with Crippen molar-refractivity contribution in [2.75, 3.05) is 0 Å². The van der Waals surface area contributed by atoms with E-state index in [1.54, 1.807) is 0 Å². The number of fused-ring (bicyclic) bond motifs is 1. The number of pyridine rings is 1. The van der Waals surface area contributed by atoms with E-state index in [-0.39, 0.29) is 5.56 Å². The summed E-state index contributed by atoms with van der Waals surface area (Å²) in [6.07, 6.45) is 17.4. The summed E-state index contributed by atoms with van der Waals surface area (Å²) in [6.45, 7) is 0. The van der Waals surface area contributed by atoms with E-state index >= 15 is 0 Å². The maximum absolute atomic E-state index is 13.4. The summed E-state index contributed by atoms with van der Waals surface area (Å²) in [4.78, 5) is 13.4. The highest BCUT2D eigenvalue weighted by atomic mass is 16.3. The van der Waals surface area contributed by atoms with Gasteiger partial charge in [-0.25, -0.2) is 0 Å². The molecule has 3 aliphatic carbocycles. The smallest absolute Gasteiger partial charge is 0.257 e. The van der Waals surface area contributed by atoms with Crippen molar-refractivity contribution in [2.24, 2.45) is 5.92 Å². The first-order valence-electron chi connectivity index (χ1n) is 10.7. The molecule has 0 atom stereocenters. The highest BCUT2D eigenvalue weighted by Gasteiger charge is 2.29. The summed E-state index contributed by atoms with van der Waals surface area (Å²) in [5.41, 5.74) is 3.18. The van der Waals surface area contributed by atoms with Crippen LogP contribution < -0.4 is 5.56 Å². The summed E-state index contributed by atoms with van der Waals surface area (Å²) >= 11 is 0. The Bertz CT molecular complexity index is 664. The van der Waals surface area contributed by atoms with Crippen LogP contribution in [-0.2, 0) is 19.3 Å². The molecule has 4 rings (SSSR count). The van der Waals surface area contributed by atoms with Gasteiger partial charge >= 0.3 is 0 Å². The van der Waals surface area contributed by atoms with Gasteiger partial charge in [0.2, 0.25) is 0 Å². The van der Waals surface area contributed by atoms with Crippen LogP contribution in [0, 0.1) is 5.92 Å². The van der Waals surface area contributed by atoms with E-state index < -0.39 is 0 Å². The molecule has 138 valence electrons. The van der Waals surface area contributed by atoms with Crippen LogP contribution in [0.3, 0.4) is 0 Å². The van der Waals surface area contributed by atoms with Crippen molar-refractivity contribution in [1.29, 1.82) is 0 Å². The highest BCUT2D eigenvalue weighted by Crippen LogP contribution is 2.37. The molecule has 0 spiro atoms. The molecule has 25 heavy (non-hydrogen) atoms. The standard InChI is InChI=1S/C22H33NO2/c24-21-18-13-7-8-14-20(18)23(17-11-5-2-6-12-17)22(25)19(21)15-16-9-3-1-4-10-16/h16-17,24H,1-15H2. The van der Waals surface area contributed by atoms with Gasteiger partial charge in [-0.2, -0.15) is 0 Å². The minimum absolute atomic E-state index is 0.149. The predicted octanol–water partition coefficient (Wildman–Crippen LogP) is 5.06. The zero-order valence-electron chi connectivity index (χ0n) is 15.6. The lowest BCUT2D eigenvalue weighted by Gasteiger charge is -2.32. The molecule has 3 nitrogen and oxygen atoms in total. The molecule has 3 aliphatic rings. The van der Waals surface area contributed by atoms with Gasteiger partial charge in [0.1, 0.15) is 5.75 Å². The molecule has 0 amide bonds. The van der Waals surface area contributed by atoms with E-state index in [2.05, 4.69) is 4.57 Å². The van der Waals surface area contributed by atoms with Crippen LogP contribution in [0.15, 0.2) is 4.79 Å². The molecule has 1 aromatic heterocycles. The van der Waals surface area contributed by atoms with Gasteiger partial charge in [0.25, 0.3) is 5.56 Å². The first-order valence-corrected chi connectivity index (χ1v) is 10.7. The van der Waals surface area contributed by atoms with Crippen molar-refractivity contribution in [3.8, 4) is 5.75 Å². The minimum atomic E-state index is 0.149. The minimum Gasteiger partial charge on any atom is -0.507 e. The zero-order valence-corrected chi connectivity index (χ0v) is 15.6. The summed E-state index contributed by atoms with van der Waals surface area (Å²) in [5.74, 6) is 0.964. The summed E-state index contributed by atoms with van der Waals surface area (Å²) < 4.78 is 2.16. The number of rotatable bonds is 3. The van der Waals surface area contributed by atoms with Crippen molar-refractivity contribution in [2.45, 2.75) is 102 Å². The first kappa shape index (κ1) is 17.2. The second kappa shape index (κ2) is 7.55. The second-order valence-corrected chi connectivity index (χ2v) is 8.63. The monoisotopic (exact) mass is 343 g/mol. The van der Waals surface area contributed by atoms with Crippen LogP contribution in [0.25, 0.3) is 0 Å². The number of aromatic hydroxyl groups is 1. The van der Waals surface area contributed by atoms with Gasteiger partial charge in [-0.05, 0) is 50.9 Å². The van der Waals surface area contributed by atoms with Gasteiger partial charge in [0.15, 0.2) is 0 Å². The Morgan fingerprint density at radius 3 is 2.20 bits per heavy atom. The topological polar surface area (TPSA) is 42.2 Å². The molecule has 0 aromatic carbocycles. The second-order valence-electron chi connectivity index (χ2n) is 8.63. The molecule has 1 heterocycles. The maximum atomic E-state index is 13.4. The Morgan fingerprint density at radius 2 is 1.48 bits per heavy atom. The number of hydrogen-bond donors (Lipinski definition) is 1. The van der Waals surface area contributed by atoms with Crippen LogP contribution in [0.4, 0.5) is 0 Å². The van der Waals surface area contributed by atoms with Gasteiger partial charge in [0, 0.05) is 17.3 Å². The fraction of sp³-hybridized carbons (Fsp3) is 0.773. The van der Waals surface area contributed by atoms with Crippen LogP contribution in [0.2, 0.25) is 0 Å². The summed E-state index contributed by atoms with van der Waals surface area (Å²) in [5, 5.41) is 11.0. The van der Waals surface area contributed by atoms with Crippen LogP contribution >= 0.6 is 0 Å². The van der Waals surface area contributed by atoms with Gasteiger partial charge < -0.3 is 9.67 Å². The average Bonchev–Trinajstić information content (AvgIpc) is 2.67. The maximum Gasteiger partial charge on any atom is 0.257 e. The molecule has 0 saturated heterocycles. The van der Waals surface area contributed by atoms with Crippen molar-refractivity contribution in [3.05, 3.63) is 27.2 Å². The lowest BCUT2D eigenvalue weighted by molar-refractivity contribution is 0.321. The fourth-order valence-electron chi connectivity index (χ4n) is 5.55. The molecule has 2 fully saturated rings. The van der Waals surface area contributed by atoms with Crippen molar-refractivity contribution in [1.82, 2.24) is 4.57 Å². The molecule has 1 N–H and O–H groups in total. The molecule has 0 bridgehead atoms. The lowest BCUT2D eigenvalue weighted by atomic mass is 9.83. The number of hydrogen-bond acceptors (Lipinski definition) is 2. The largest absolute Gasteiger partial charge is 0.507 e. The highest BCUT2D eigenvalue weighted by molar-refractivity contribution is 5.44. The Labute approximate surface area is 151 Å². The first-order chi connectivity index (χ1) is 12.3. The number of nitrogens with zero attached hydrogens (tertiary/aromatic N) is 1. The van der Waals surface area contributed by atoms with Gasteiger partial charge in [0.05, 0.1) is 5.56 Å². The molecule has 0 radical (unpaired) electrons. The van der Waals surface area contributed by atoms with Gasteiger partial charge in [-0.3, -0.25) is 4.79 Å². The molecule has 3 heteroatoms. The van der Waals surface area contributed by atoms with E-state index in [0.717, 1.165) is 56.1 Å². The third-order valence-electron chi connectivity index (χ3n) is 6.94. The zero-order chi connectivity index (χ0) is 17.2. The van der Waals surface area contributed by atoms with E-state index in [1.165, 1.54) is 57.1 Å². The quantitative estimate of drug-likeness (QED) is 0.833. The molecular weight excluding hydrogens is 310 g/mol. The molecular formula is C22H33NO2. The predicted molar refractivity (Wildman–Crippen MR) is 101 cm³/mol. The SMILES string of the molecule is O=c1c(CC2CCCCC2)c(O)c2c(n1C1CCCCC1)CCCC2. The van der Waals surface area contributed by atoms with Crippen LogP contribution in [-0.4, -0.2) is 9.67 Å². The Hall–Kier alpha value is -1.25. The number of aromatic nitrogens is 1. The van der Waals surface area contributed by atoms with Gasteiger partial charge in [-0.1, -0.05) is 51.4 Å². The van der Waals surface area contributed by atoms with E-state index in [9.17, 15) is 9.90 Å². The molecule has 0 unspecified atom stereocenters. The van der Waals surface area contributed by atoms with Gasteiger partial charge in [-0.15, -0.1) is 0 Å². The third-order valence-corrected chi connectivity index (χ3v) is 6.94. The fourth-order valence-corrected chi connectivity index (χ4v) is 5.55. The summed E-state index contributed by atoms with van der Waals surface area (Å²) in [6, 6.07) is 0.374. The Balaban J connectivity index is 1.76. The van der Waals surface area contributed by atoms with Crippen molar-refractivity contribution < 1.29 is 5.11 Å². The lowest BCUT2D eigenvalue weighted by Crippen LogP contribution is -2.34. The molecule has 2 saturated carbocycles. The van der Waals surface area contributed by atoms with Crippen molar-refractivity contribution >= 4 is 0 Å². The summed E-state index contributed by atoms with van der Waals surface area (Å²) in [7, 11) is 0. The van der Waals surface area contributed by atoms with Crippen molar-refractivity contribution in [3.63, 3.8) is 0 Å². The Morgan fingerprint density at radius 1 is 0.840 bits per heavy atom. The van der Waals surface area contributed by atoms with E-state index in [0.29, 0.717) is 17.7 Å². The van der Waals surface area contributed by atoms with Crippen LogP contribution in [0.5, 0.6) is 5.75 Å². The average molecular weight is 344 g/mol. The van der Waals surface area contributed by atoms with E-state index in [1.807, 2.05) is 0 Å². The van der Waals surface area contributed by atoms with Crippen LogP contribution in [0.1, 0.15) is 99.9 Å². The molecule has 1 aromatic rings.